The Bertz CT molecular complexity index is 762. The lowest BCUT2D eigenvalue weighted by Gasteiger charge is -2.32. The lowest BCUT2D eigenvalue weighted by Crippen LogP contribution is -2.45. The van der Waals surface area contributed by atoms with E-state index in [1.807, 2.05) is 18.2 Å². The number of aromatic nitrogens is 4. The number of anilines is 4. The Morgan fingerprint density at radius 3 is 2.52 bits per heavy atom. The third kappa shape index (κ3) is 5.72. The smallest absolute Gasteiger partial charge is 0.235 e. The summed E-state index contributed by atoms with van der Waals surface area (Å²) < 4.78 is 5.45. The minimum Gasteiger partial charge on any atom is -0.378 e. The zero-order chi connectivity index (χ0) is 19.9. The van der Waals surface area contributed by atoms with Gasteiger partial charge in [-0.1, -0.05) is 6.07 Å². The van der Waals surface area contributed by atoms with Crippen molar-refractivity contribution in [2.45, 2.75) is 0 Å². The number of morpholine rings is 1. The Morgan fingerprint density at radius 2 is 1.76 bits per heavy atom. The van der Waals surface area contributed by atoms with Crippen molar-refractivity contribution in [3.05, 3.63) is 24.4 Å². The summed E-state index contributed by atoms with van der Waals surface area (Å²) in [7, 11) is 2.17. The van der Waals surface area contributed by atoms with E-state index in [2.05, 4.69) is 52.3 Å². The molecule has 2 fully saturated rings. The Kier molecular flexibility index (Phi) is 6.65. The Labute approximate surface area is 171 Å². The second-order valence-electron chi connectivity index (χ2n) is 7.29. The molecule has 10 nitrogen and oxygen atoms in total. The summed E-state index contributed by atoms with van der Waals surface area (Å²) in [5.74, 6) is 2.43. The third-order valence-corrected chi connectivity index (χ3v) is 5.13. The van der Waals surface area contributed by atoms with Crippen LogP contribution in [0, 0.1) is 0 Å². The van der Waals surface area contributed by atoms with Crippen LogP contribution in [0.25, 0.3) is 0 Å². The van der Waals surface area contributed by atoms with Gasteiger partial charge in [0.1, 0.15) is 5.82 Å². The third-order valence-electron chi connectivity index (χ3n) is 5.13. The number of hydrogen-bond donors (Lipinski definition) is 2. The van der Waals surface area contributed by atoms with Gasteiger partial charge < -0.3 is 25.2 Å². The van der Waals surface area contributed by atoms with Crippen LogP contribution in [0.2, 0.25) is 0 Å². The average molecular weight is 400 g/mol. The van der Waals surface area contributed by atoms with Crippen LogP contribution in [0.3, 0.4) is 0 Å². The SMILES string of the molecule is CN1CCN(CCNc2nc(Nc3ccccn3)nc(N3CCOCC3)n2)CC1. The zero-order valence-corrected chi connectivity index (χ0v) is 16.9. The molecule has 0 amide bonds. The molecule has 156 valence electrons. The second-order valence-corrected chi connectivity index (χ2v) is 7.29. The van der Waals surface area contributed by atoms with Gasteiger partial charge in [0.2, 0.25) is 17.8 Å². The first kappa shape index (κ1) is 19.7. The van der Waals surface area contributed by atoms with Gasteiger partial charge >= 0.3 is 0 Å². The fraction of sp³-hybridized carbons (Fsp3) is 0.579. The molecule has 2 N–H and O–H groups in total. The first-order valence-corrected chi connectivity index (χ1v) is 10.2. The lowest BCUT2D eigenvalue weighted by atomic mass is 10.3. The molecular weight excluding hydrogens is 370 g/mol. The minimum absolute atomic E-state index is 0.488. The van der Waals surface area contributed by atoms with Gasteiger partial charge in [-0.3, -0.25) is 4.90 Å². The van der Waals surface area contributed by atoms with E-state index in [1.165, 1.54) is 0 Å². The summed E-state index contributed by atoms with van der Waals surface area (Å²) in [5.41, 5.74) is 0. The zero-order valence-electron chi connectivity index (χ0n) is 16.9. The standard InChI is InChI=1S/C19H29N9O/c1-26-8-10-27(11-9-26)7-6-21-17-23-18(22-16-4-2-3-5-20-16)25-19(24-17)28-12-14-29-15-13-28/h2-5H,6-15H2,1H3,(H2,20,21,22,23,24,25). The summed E-state index contributed by atoms with van der Waals surface area (Å²) >= 11 is 0. The summed E-state index contributed by atoms with van der Waals surface area (Å²) in [6, 6.07) is 5.69. The number of nitrogens with one attached hydrogen (secondary N) is 2. The number of hydrogen-bond acceptors (Lipinski definition) is 10. The number of rotatable bonds is 7. The molecule has 2 aromatic rings. The van der Waals surface area contributed by atoms with Crippen molar-refractivity contribution in [2.75, 3.05) is 88.2 Å². The van der Waals surface area contributed by atoms with Gasteiger partial charge in [-0.2, -0.15) is 15.0 Å². The van der Waals surface area contributed by atoms with E-state index >= 15 is 0 Å². The molecule has 2 aliphatic heterocycles. The molecule has 0 aromatic carbocycles. The number of nitrogens with zero attached hydrogens (tertiary/aromatic N) is 7. The highest BCUT2D eigenvalue weighted by Gasteiger charge is 2.17. The highest BCUT2D eigenvalue weighted by atomic mass is 16.5. The van der Waals surface area contributed by atoms with Crippen molar-refractivity contribution in [1.29, 1.82) is 0 Å². The van der Waals surface area contributed by atoms with Crippen LogP contribution in [0.4, 0.5) is 23.7 Å². The highest BCUT2D eigenvalue weighted by molar-refractivity contribution is 5.52. The molecule has 2 saturated heterocycles. The Hall–Kier alpha value is -2.56. The first-order chi connectivity index (χ1) is 14.3. The van der Waals surface area contributed by atoms with Gasteiger partial charge in [-0.05, 0) is 19.2 Å². The molecule has 0 bridgehead atoms. The molecule has 0 aliphatic carbocycles. The van der Waals surface area contributed by atoms with E-state index < -0.39 is 0 Å². The van der Waals surface area contributed by atoms with E-state index in [0.29, 0.717) is 36.9 Å². The van der Waals surface area contributed by atoms with Gasteiger partial charge in [0.25, 0.3) is 0 Å². The van der Waals surface area contributed by atoms with Gasteiger partial charge in [-0.15, -0.1) is 0 Å². The maximum atomic E-state index is 5.45. The van der Waals surface area contributed by atoms with Crippen molar-refractivity contribution < 1.29 is 4.74 Å². The molecule has 0 spiro atoms. The van der Waals surface area contributed by atoms with Crippen molar-refractivity contribution >= 4 is 23.7 Å². The predicted molar refractivity (Wildman–Crippen MR) is 113 cm³/mol. The van der Waals surface area contributed by atoms with E-state index in [4.69, 9.17) is 4.74 Å². The molecule has 29 heavy (non-hydrogen) atoms. The van der Waals surface area contributed by atoms with Gasteiger partial charge in [-0.25, -0.2) is 4.98 Å². The van der Waals surface area contributed by atoms with Gasteiger partial charge in [0.15, 0.2) is 0 Å². The van der Waals surface area contributed by atoms with Crippen LogP contribution in [0.1, 0.15) is 0 Å². The van der Waals surface area contributed by atoms with Crippen molar-refractivity contribution in [1.82, 2.24) is 29.7 Å². The number of pyridine rings is 1. The van der Waals surface area contributed by atoms with E-state index in [-0.39, 0.29) is 0 Å². The molecule has 0 saturated carbocycles. The maximum Gasteiger partial charge on any atom is 0.235 e. The number of likely N-dealkylation sites (N-methyl/N-ethyl adjacent to an activating group) is 1. The van der Waals surface area contributed by atoms with E-state index in [9.17, 15) is 0 Å². The molecule has 10 heteroatoms. The van der Waals surface area contributed by atoms with E-state index in [1.54, 1.807) is 6.20 Å². The van der Waals surface area contributed by atoms with E-state index in [0.717, 1.165) is 52.4 Å². The Balaban J connectivity index is 1.43. The number of ether oxygens (including phenoxy) is 1. The topological polar surface area (TPSA) is 94.6 Å². The fourth-order valence-electron chi connectivity index (χ4n) is 3.35. The molecule has 4 heterocycles. The summed E-state index contributed by atoms with van der Waals surface area (Å²) in [6.07, 6.45) is 1.74. The van der Waals surface area contributed by atoms with Crippen LogP contribution < -0.4 is 15.5 Å². The molecule has 2 aliphatic rings. The van der Waals surface area contributed by atoms with Crippen LogP contribution in [-0.4, -0.2) is 102 Å². The monoisotopic (exact) mass is 399 g/mol. The molecule has 4 rings (SSSR count). The normalized spacial score (nSPS) is 18.6. The quantitative estimate of drug-likeness (QED) is 0.685. The van der Waals surface area contributed by atoms with Gasteiger partial charge in [0.05, 0.1) is 13.2 Å². The lowest BCUT2D eigenvalue weighted by molar-refractivity contribution is 0.122. The van der Waals surface area contributed by atoms with Crippen LogP contribution in [-0.2, 0) is 4.74 Å². The molecule has 0 radical (unpaired) electrons. The van der Waals surface area contributed by atoms with Gasteiger partial charge in [0, 0.05) is 58.6 Å². The molecule has 2 aromatic heterocycles. The summed E-state index contributed by atoms with van der Waals surface area (Å²) in [5, 5.41) is 6.55. The molecular formula is C19H29N9O. The minimum atomic E-state index is 0.488. The van der Waals surface area contributed by atoms with Crippen molar-refractivity contribution in [3.63, 3.8) is 0 Å². The predicted octanol–water partition coefficient (Wildman–Crippen LogP) is 0.506. The highest BCUT2D eigenvalue weighted by Crippen LogP contribution is 2.17. The Morgan fingerprint density at radius 1 is 0.966 bits per heavy atom. The van der Waals surface area contributed by atoms with Crippen molar-refractivity contribution in [2.24, 2.45) is 0 Å². The second kappa shape index (κ2) is 9.77. The largest absolute Gasteiger partial charge is 0.378 e. The maximum absolute atomic E-state index is 5.45. The van der Waals surface area contributed by atoms with Crippen molar-refractivity contribution in [3.8, 4) is 0 Å². The number of piperazine rings is 1. The van der Waals surface area contributed by atoms with Crippen LogP contribution in [0.5, 0.6) is 0 Å². The average Bonchev–Trinajstić information content (AvgIpc) is 2.76. The summed E-state index contributed by atoms with van der Waals surface area (Å²) in [6.45, 7) is 9.09. The molecule has 0 unspecified atom stereocenters. The summed E-state index contributed by atoms with van der Waals surface area (Å²) in [4.78, 5) is 25.0. The first-order valence-electron chi connectivity index (χ1n) is 10.2. The fourth-order valence-corrected chi connectivity index (χ4v) is 3.35. The van der Waals surface area contributed by atoms with Crippen LogP contribution >= 0.6 is 0 Å². The molecule has 0 atom stereocenters. The van der Waals surface area contributed by atoms with Crippen LogP contribution in [0.15, 0.2) is 24.4 Å².